The van der Waals surface area contributed by atoms with E-state index in [-0.39, 0.29) is 0 Å². The molecule has 0 aliphatic heterocycles. The number of amides is 1. The van der Waals surface area contributed by atoms with Gasteiger partial charge in [0.15, 0.2) is 0 Å². The number of allylic oxidation sites excluding steroid dienone is 4. The Bertz CT molecular complexity index is 408. The lowest BCUT2D eigenvalue weighted by Crippen LogP contribution is -2.23. The second-order valence-corrected chi connectivity index (χ2v) is 5.24. The van der Waals surface area contributed by atoms with Crippen molar-refractivity contribution >= 4 is 11.8 Å². The normalized spacial score (nSPS) is 18.6. The van der Waals surface area contributed by atoms with Crippen molar-refractivity contribution in [2.75, 3.05) is 6.61 Å². The lowest BCUT2D eigenvalue weighted by Gasteiger charge is -2.20. The van der Waals surface area contributed by atoms with E-state index in [1.54, 1.807) is 6.92 Å². The molecule has 2 rings (SSSR count). The average Bonchev–Trinajstić information content (AvgIpc) is 2.50. The largest absolute Gasteiger partial charge is 0.449 e. The van der Waals surface area contributed by atoms with Crippen LogP contribution in [0, 0.1) is 0 Å². The van der Waals surface area contributed by atoms with E-state index in [0.717, 1.165) is 31.4 Å². The van der Waals surface area contributed by atoms with Gasteiger partial charge < -0.3 is 4.74 Å². The summed E-state index contributed by atoms with van der Waals surface area (Å²) >= 11 is 0. The summed E-state index contributed by atoms with van der Waals surface area (Å²) in [7, 11) is 0. The van der Waals surface area contributed by atoms with Crippen molar-refractivity contribution < 1.29 is 9.53 Å². The Morgan fingerprint density at radius 2 is 1.75 bits per heavy atom. The number of hydrogen-bond donors (Lipinski definition) is 1. The molecule has 0 aromatic heterocycles. The minimum atomic E-state index is -0.474. The molecule has 1 N–H and O–H groups in total. The van der Waals surface area contributed by atoms with Gasteiger partial charge in [0, 0.05) is 0 Å². The van der Waals surface area contributed by atoms with E-state index in [1.807, 2.05) is 0 Å². The number of nitrogens with one attached hydrogen (secondary N) is 1. The van der Waals surface area contributed by atoms with Crippen molar-refractivity contribution in [2.24, 2.45) is 5.10 Å². The predicted molar refractivity (Wildman–Crippen MR) is 80.7 cm³/mol. The van der Waals surface area contributed by atoms with Crippen LogP contribution in [0.5, 0.6) is 0 Å². The van der Waals surface area contributed by atoms with Crippen LogP contribution in [0.2, 0.25) is 0 Å². The maximum atomic E-state index is 11.4. The minimum absolute atomic E-state index is 0.363. The molecule has 0 heterocycles. The van der Waals surface area contributed by atoms with E-state index in [2.05, 4.69) is 22.7 Å². The van der Waals surface area contributed by atoms with Crippen LogP contribution in [0.15, 0.2) is 28.4 Å². The number of carbonyl (C=O) groups excluding carboxylic acids is 1. The molecule has 0 atom stereocenters. The van der Waals surface area contributed by atoms with Gasteiger partial charge in [0.1, 0.15) is 0 Å². The third kappa shape index (κ3) is 4.22. The first kappa shape index (κ1) is 14.8. The molecule has 2 aliphatic carbocycles. The van der Waals surface area contributed by atoms with Crippen LogP contribution in [0.4, 0.5) is 4.79 Å². The van der Waals surface area contributed by atoms with Crippen molar-refractivity contribution in [1.29, 1.82) is 0 Å². The van der Waals surface area contributed by atoms with E-state index in [0.29, 0.717) is 6.61 Å². The molecule has 4 heteroatoms. The van der Waals surface area contributed by atoms with E-state index in [1.165, 1.54) is 36.8 Å². The molecule has 110 valence electrons. The highest BCUT2D eigenvalue weighted by molar-refractivity contribution is 6.12. The Morgan fingerprint density at radius 3 is 2.20 bits per heavy atom. The summed E-state index contributed by atoms with van der Waals surface area (Å²) in [4.78, 5) is 11.4. The Balaban J connectivity index is 2.14. The van der Waals surface area contributed by atoms with Gasteiger partial charge in [0.05, 0.1) is 12.3 Å². The van der Waals surface area contributed by atoms with Gasteiger partial charge in [-0.2, -0.15) is 5.10 Å². The van der Waals surface area contributed by atoms with Gasteiger partial charge in [0.25, 0.3) is 0 Å². The SMILES string of the molecule is CCOC(=O)NN=C(C1=CCCCC1)C1=CCCCC1. The van der Waals surface area contributed by atoms with Crippen molar-refractivity contribution in [2.45, 2.75) is 58.3 Å². The molecule has 0 spiro atoms. The van der Waals surface area contributed by atoms with Gasteiger partial charge in [-0.25, -0.2) is 10.2 Å². The van der Waals surface area contributed by atoms with Crippen LogP contribution in [-0.2, 0) is 4.74 Å². The molecule has 0 unspecified atom stereocenters. The first-order valence-electron chi connectivity index (χ1n) is 7.70. The highest BCUT2D eigenvalue weighted by Gasteiger charge is 2.17. The summed E-state index contributed by atoms with van der Waals surface area (Å²) in [5.74, 6) is 0. The maximum Gasteiger partial charge on any atom is 0.427 e. The zero-order chi connectivity index (χ0) is 14.2. The highest BCUT2D eigenvalue weighted by Crippen LogP contribution is 2.26. The lowest BCUT2D eigenvalue weighted by atomic mass is 9.87. The van der Waals surface area contributed by atoms with E-state index < -0.39 is 6.09 Å². The molecule has 0 radical (unpaired) electrons. The fourth-order valence-corrected chi connectivity index (χ4v) is 2.72. The number of hydrazone groups is 1. The summed E-state index contributed by atoms with van der Waals surface area (Å²) in [6.45, 7) is 2.15. The van der Waals surface area contributed by atoms with Gasteiger partial charge in [0.2, 0.25) is 0 Å². The maximum absolute atomic E-state index is 11.4. The Morgan fingerprint density at radius 1 is 1.15 bits per heavy atom. The lowest BCUT2D eigenvalue weighted by molar-refractivity contribution is 0.152. The predicted octanol–water partition coefficient (Wildman–Crippen LogP) is 4.09. The molecular weight excluding hydrogens is 252 g/mol. The molecule has 0 fully saturated rings. The molecule has 0 aromatic carbocycles. The van der Waals surface area contributed by atoms with Gasteiger partial charge in [-0.3, -0.25) is 0 Å². The molecular formula is C16H24N2O2. The average molecular weight is 276 g/mol. The summed E-state index contributed by atoms with van der Waals surface area (Å²) in [5, 5.41) is 4.35. The second-order valence-electron chi connectivity index (χ2n) is 5.24. The quantitative estimate of drug-likeness (QED) is 0.621. The van der Waals surface area contributed by atoms with E-state index in [9.17, 15) is 4.79 Å². The Hall–Kier alpha value is -1.58. The number of carbonyl (C=O) groups is 1. The molecule has 20 heavy (non-hydrogen) atoms. The topological polar surface area (TPSA) is 50.7 Å². The summed E-state index contributed by atoms with van der Waals surface area (Å²) in [6.07, 6.45) is 13.3. The molecule has 0 bridgehead atoms. The Labute approximate surface area is 121 Å². The summed E-state index contributed by atoms with van der Waals surface area (Å²) in [6, 6.07) is 0. The smallest absolute Gasteiger partial charge is 0.427 e. The molecule has 0 aromatic rings. The second kappa shape index (κ2) is 7.88. The number of nitrogens with zero attached hydrogens (tertiary/aromatic N) is 1. The molecule has 0 saturated carbocycles. The molecule has 1 amide bonds. The highest BCUT2D eigenvalue weighted by atomic mass is 16.5. The molecule has 0 saturated heterocycles. The first-order chi connectivity index (χ1) is 9.81. The van der Waals surface area contributed by atoms with Crippen molar-refractivity contribution in [3.05, 3.63) is 23.3 Å². The number of hydrogen-bond acceptors (Lipinski definition) is 3. The number of ether oxygens (including phenoxy) is 1. The van der Waals surface area contributed by atoms with Crippen LogP contribution in [0.1, 0.15) is 58.3 Å². The van der Waals surface area contributed by atoms with E-state index >= 15 is 0 Å². The van der Waals surface area contributed by atoms with Crippen LogP contribution in [-0.4, -0.2) is 18.4 Å². The van der Waals surface area contributed by atoms with Crippen molar-refractivity contribution in [3.63, 3.8) is 0 Å². The van der Waals surface area contributed by atoms with Crippen LogP contribution in [0.25, 0.3) is 0 Å². The van der Waals surface area contributed by atoms with Crippen LogP contribution >= 0.6 is 0 Å². The Kier molecular flexibility index (Phi) is 5.84. The fraction of sp³-hybridized carbons (Fsp3) is 0.625. The summed E-state index contributed by atoms with van der Waals surface area (Å²) in [5.41, 5.74) is 6.05. The third-order valence-electron chi connectivity index (χ3n) is 3.72. The van der Waals surface area contributed by atoms with Gasteiger partial charge in [-0.1, -0.05) is 12.2 Å². The standard InChI is InChI=1S/C16H24N2O2/c1-2-20-16(19)18-17-15(13-9-5-3-6-10-13)14-11-7-4-8-12-14/h9,11H,2-8,10,12H2,1H3,(H,18,19). The third-order valence-corrected chi connectivity index (χ3v) is 3.72. The first-order valence-corrected chi connectivity index (χ1v) is 7.70. The fourth-order valence-electron chi connectivity index (χ4n) is 2.72. The van der Waals surface area contributed by atoms with Crippen LogP contribution < -0.4 is 5.43 Å². The zero-order valence-corrected chi connectivity index (χ0v) is 12.3. The van der Waals surface area contributed by atoms with Gasteiger partial charge >= 0.3 is 6.09 Å². The molecule has 2 aliphatic rings. The van der Waals surface area contributed by atoms with Crippen molar-refractivity contribution in [3.8, 4) is 0 Å². The van der Waals surface area contributed by atoms with Crippen LogP contribution in [0.3, 0.4) is 0 Å². The zero-order valence-electron chi connectivity index (χ0n) is 12.3. The van der Waals surface area contributed by atoms with Gasteiger partial charge in [-0.15, -0.1) is 0 Å². The minimum Gasteiger partial charge on any atom is -0.449 e. The van der Waals surface area contributed by atoms with E-state index in [4.69, 9.17) is 4.74 Å². The summed E-state index contributed by atoms with van der Waals surface area (Å²) < 4.78 is 4.87. The van der Waals surface area contributed by atoms with Gasteiger partial charge in [-0.05, 0) is 69.4 Å². The van der Waals surface area contributed by atoms with Crippen molar-refractivity contribution in [1.82, 2.24) is 5.43 Å². The molecule has 4 nitrogen and oxygen atoms in total. The monoisotopic (exact) mass is 276 g/mol. The number of rotatable bonds is 4.